The van der Waals surface area contributed by atoms with Crippen molar-refractivity contribution in [2.24, 2.45) is 5.92 Å². The van der Waals surface area contributed by atoms with Crippen molar-refractivity contribution in [3.05, 3.63) is 23.8 Å². The zero-order chi connectivity index (χ0) is 13.1. The third-order valence-corrected chi connectivity index (χ3v) is 3.50. The molecule has 1 aromatic carbocycles. The molecular formula is C14H19NO3. The van der Waals surface area contributed by atoms with Gasteiger partial charge in [-0.05, 0) is 30.9 Å². The first-order valence-corrected chi connectivity index (χ1v) is 6.43. The van der Waals surface area contributed by atoms with Gasteiger partial charge >= 0.3 is 0 Å². The zero-order valence-corrected chi connectivity index (χ0v) is 10.6. The van der Waals surface area contributed by atoms with E-state index in [0.717, 1.165) is 25.8 Å². The number of carbonyl (C=O) groups is 1. The molecular weight excluding hydrogens is 230 g/mol. The lowest BCUT2D eigenvalue weighted by atomic mass is 10.0. The maximum absolute atomic E-state index is 12.2. The predicted molar refractivity (Wildman–Crippen MR) is 68.7 cm³/mol. The van der Waals surface area contributed by atoms with Gasteiger partial charge in [-0.15, -0.1) is 0 Å². The van der Waals surface area contributed by atoms with Crippen LogP contribution in [0.4, 0.5) is 0 Å². The van der Waals surface area contributed by atoms with E-state index in [4.69, 9.17) is 0 Å². The molecule has 2 rings (SSSR count). The van der Waals surface area contributed by atoms with Crippen LogP contribution in [0.15, 0.2) is 18.2 Å². The monoisotopic (exact) mass is 249 g/mol. The highest BCUT2D eigenvalue weighted by atomic mass is 16.3. The summed E-state index contributed by atoms with van der Waals surface area (Å²) >= 11 is 0. The van der Waals surface area contributed by atoms with Crippen molar-refractivity contribution in [3.63, 3.8) is 0 Å². The maximum Gasteiger partial charge on any atom is 0.261 e. The molecule has 18 heavy (non-hydrogen) atoms. The van der Waals surface area contributed by atoms with E-state index < -0.39 is 0 Å². The van der Waals surface area contributed by atoms with E-state index in [1.54, 1.807) is 4.90 Å². The van der Waals surface area contributed by atoms with Crippen molar-refractivity contribution in [3.8, 4) is 11.5 Å². The molecule has 0 spiro atoms. The number of nitrogens with zero attached hydrogens (tertiary/aromatic N) is 1. The van der Waals surface area contributed by atoms with Crippen LogP contribution >= 0.6 is 0 Å². The Morgan fingerprint density at radius 1 is 1.39 bits per heavy atom. The number of rotatable bonds is 3. The Labute approximate surface area is 107 Å². The summed E-state index contributed by atoms with van der Waals surface area (Å²) in [5.74, 6) is -0.0333. The van der Waals surface area contributed by atoms with Gasteiger partial charge in [-0.1, -0.05) is 19.4 Å². The van der Waals surface area contributed by atoms with Gasteiger partial charge in [-0.3, -0.25) is 4.79 Å². The minimum absolute atomic E-state index is 0.0228. The molecule has 4 heteroatoms. The van der Waals surface area contributed by atoms with Gasteiger partial charge in [0.25, 0.3) is 5.91 Å². The third-order valence-electron chi connectivity index (χ3n) is 3.50. The number of likely N-dealkylation sites (tertiary alicyclic amines) is 1. The lowest BCUT2D eigenvalue weighted by Crippen LogP contribution is -2.28. The summed E-state index contributed by atoms with van der Waals surface area (Å²) in [5, 5.41) is 19.4. The van der Waals surface area contributed by atoms with Gasteiger partial charge < -0.3 is 15.1 Å². The van der Waals surface area contributed by atoms with E-state index in [9.17, 15) is 15.0 Å². The van der Waals surface area contributed by atoms with E-state index in [-0.39, 0.29) is 23.0 Å². The molecule has 1 aliphatic rings. The highest BCUT2D eigenvalue weighted by Crippen LogP contribution is 2.30. The van der Waals surface area contributed by atoms with E-state index in [1.165, 1.54) is 18.2 Å². The molecule has 0 radical (unpaired) electrons. The Hall–Kier alpha value is -1.71. The molecule has 4 nitrogen and oxygen atoms in total. The molecule has 1 amide bonds. The van der Waals surface area contributed by atoms with Crippen LogP contribution in [0.2, 0.25) is 0 Å². The fourth-order valence-corrected chi connectivity index (χ4v) is 2.57. The largest absolute Gasteiger partial charge is 0.507 e. The van der Waals surface area contributed by atoms with Crippen LogP contribution in [0.1, 0.15) is 36.5 Å². The first-order chi connectivity index (χ1) is 8.63. The quantitative estimate of drug-likeness (QED) is 0.864. The molecule has 1 heterocycles. The minimum atomic E-state index is -0.274. The highest BCUT2D eigenvalue weighted by Gasteiger charge is 2.29. The van der Waals surface area contributed by atoms with Crippen molar-refractivity contribution < 1.29 is 15.0 Å². The Balaban J connectivity index is 2.13. The fourth-order valence-electron chi connectivity index (χ4n) is 2.57. The van der Waals surface area contributed by atoms with Crippen LogP contribution in [-0.2, 0) is 0 Å². The minimum Gasteiger partial charge on any atom is -0.507 e. The summed E-state index contributed by atoms with van der Waals surface area (Å²) in [4.78, 5) is 14.0. The second-order valence-corrected chi connectivity index (χ2v) is 4.87. The Morgan fingerprint density at radius 3 is 2.67 bits per heavy atom. The van der Waals surface area contributed by atoms with Crippen molar-refractivity contribution in [1.82, 2.24) is 4.90 Å². The van der Waals surface area contributed by atoms with Crippen molar-refractivity contribution in [2.75, 3.05) is 13.1 Å². The van der Waals surface area contributed by atoms with Gasteiger partial charge in [0.1, 0.15) is 17.1 Å². The lowest BCUT2D eigenvalue weighted by Gasteiger charge is -2.17. The van der Waals surface area contributed by atoms with E-state index in [1.807, 2.05) is 0 Å². The molecule has 0 saturated carbocycles. The van der Waals surface area contributed by atoms with Crippen LogP contribution in [-0.4, -0.2) is 34.1 Å². The zero-order valence-electron chi connectivity index (χ0n) is 10.6. The number of hydrogen-bond donors (Lipinski definition) is 2. The Kier molecular flexibility index (Phi) is 3.75. The number of phenols is 2. The molecule has 1 unspecified atom stereocenters. The number of hydrogen-bond acceptors (Lipinski definition) is 3. The van der Waals surface area contributed by atoms with E-state index in [0.29, 0.717) is 12.5 Å². The van der Waals surface area contributed by atoms with E-state index in [2.05, 4.69) is 6.92 Å². The number of phenolic OH excluding ortho intramolecular Hbond substituents is 2. The van der Waals surface area contributed by atoms with Gasteiger partial charge in [0.2, 0.25) is 0 Å². The second-order valence-electron chi connectivity index (χ2n) is 4.87. The summed E-state index contributed by atoms with van der Waals surface area (Å²) in [6, 6.07) is 4.37. The molecule has 98 valence electrons. The molecule has 0 aromatic heterocycles. The third kappa shape index (κ3) is 2.42. The normalized spacial score (nSPS) is 19.2. The number of amides is 1. The SMILES string of the molecule is CCCC1CCN(C(=O)c2c(O)cccc2O)C1. The maximum atomic E-state index is 12.2. The van der Waals surface area contributed by atoms with Crippen molar-refractivity contribution in [2.45, 2.75) is 26.2 Å². The molecule has 1 atom stereocenters. The molecule has 1 saturated heterocycles. The molecule has 1 fully saturated rings. The molecule has 2 N–H and O–H groups in total. The van der Waals surface area contributed by atoms with Crippen LogP contribution in [0.25, 0.3) is 0 Å². The van der Waals surface area contributed by atoms with Gasteiger partial charge in [0.05, 0.1) is 0 Å². The number of carbonyl (C=O) groups excluding carboxylic acids is 1. The molecule has 0 aliphatic carbocycles. The molecule has 0 bridgehead atoms. The number of aromatic hydroxyl groups is 2. The standard InChI is InChI=1S/C14H19NO3/c1-2-4-10-7-8-15(9-10)14(18)13-11(16)5-3-6-12(13)17/h3,5-6,10,16-17H,2,4,7-9H2,1H3. The highest BCUT2D eigenvalue weighted by molar-refractivity contribution is 5.99. The second kappa shape index (κ2) is 5.29. The van der Waals surface area contributed by atoms with Crippen LogP contribution in [0.5, 0.6) is 11.5 Å². The average molecular weight is 249 g/mol. The summed E-state index contributed by atoms with van der Waals surface area (Å²) in [6.45, 7) is 3.57. The summed E-state index contributed by atoms with van der Waals surface area (Å²) in [5.41, 5.74) is 0.0228. The summed E-state index contributed by atoms with van der Waals surface area (Å²) in [7, 11) is 0. The average Bonchev–Trinajstić information content (AvgIpc) is 2.78. The number of benzene rings is 1. The van der Waals surface area contributed by atoms with Crippen molar-refractivity contribution in [1.29, 1.82) is 0 Å². The lowest BCUT2D eigenvalue weighted by molar-refractivity contribution is 0.0780. The fraction of sp³-hybridized carbons (Fsp3) is 0.500. The van der Waals surface area contributed by atoms with Gasteiger partial charge in [0, 0.05) is 13.1 Å². The summed E-state index contributed by atoms with van der Waals surface area (Å²) in [6.07, 6.45) is 3.25. The summed E-state index contributed by atoms with van der Waals surface area (Å²) < 4.78 is 0. The van der Waals surface area contributed by atoms with Gasteiger partial charge in [0.15, 0.2) is 0 Å². The van der Waals surface area contributed by atoms with E-state index >= 15 is 0 Å². The van der Waals surface area contributed by atoms with Gasteiger partial charge in [-0.2, -0.15) is 0 Å². The van der Waals surface area contributed by atoms with Crippen LogP contribution < -0.4 is 0 Å². The van der Waals surface area contributed by atoms with Crippen molar-refractivity contribution >= 4 is 5.91 Å². The first kappa shape index (κ1) is 12.7. The molecule has 1 aromatic rings. The first-order valence-electron chi connectivity index (χ1n) is 6.43. The Bertz CT molecular complexity index is 424. The smallest absolute Gasteiger partial charge is 0.261 e. The topological polar surface area (TPSA) is 60.8 Å². The van der Waals surface area contributed by atoms with Crippen LogP contribution in [0.3, 0.4) is 0 Å². The van der Waals surface area contributed by atoms with Gasteiger partial charge in [-0.25, -0.2) is 0 Å². The predicted octanol–water partition coefficient (Wildman–Crippen LogP) is 2.36. The molecule has 1 aliphatic heterocycles. The Morgan fingerprint density at radius 2 is 2.06 bits per heavy atom. The van der Waals surface area contributed by atoms with Crippen LogP contribution in [0, 0.1) is 5.92 Å².